The van der Waals surface area contributed by atoms with Crippen molar-refractivity contribution in [1.29, 1.82) is 0 Å². The van der Waals surface area contributed by atoms with E-state index < -0.39 is 0 Å². The minimum Gasteiger partial charge on any atom is -0.309 e. The highest BCUT2D eigenvalue weighted by Crippen LogP contribution is 2.47. The van der Waals surface area contributed by atoms with Gasteiger partial charge in [0.2, 0.25) is 0 Å². The highest BCUT2D eigenvalue weighted by molar-refractivity contribution is 7.26. The molecule has 3 aromatic heterocycles. The molecular formula is C66H48N2S2. The molecule has 0 saturated carbocycles. The van der Waals surface area contributed by atoms with Crippen LogP contribution in [0.4, 0.5) is 0 Å². The van der Waals surface area contributed by atoms with Gasteiger partial charge in [-0.3, -0.25) is 4.99 Å². The number of hydrogen-bond acceptors (Lipinski definition) is 3. The van der Waals surface area contributed by atoms with Gasteiger partial charge < -0.3 is 4.57 Å². The Morgan fingerprint density at radius 1 is 0.486 bits per heavy atom. The van der Waals surface area contributed by atoms with Crippen molar-refractivity contribution in [2.45, 2.75) is 32.7 Å². The molecule has 0 aliphatic carbocycles. The molecule has 1 aliphatic rings. The predicted molar refractivity (Wildman–Crippen MR) is 305 cm³/mol. The second-order valence-corrected chi connectivity index (χ2v) is 21.5. The van der Waals surface area contributed by atoms with Crippen LogP contribution in [0.15, 0.2) is 217 Å². The van der Waals surface area contributed by atoms with E-state index in [1.165, 1.54) is 128 Å². The molecule has 70 heavy (non-hydrogen) atoms. The fourth-order valence-electron chi connectivity index (χ4n) is 11.8. The molecule has 4 heterocycles. The summed E-state index contributed by atoms with van der Waals surface area (Å²) in [6.45, 7) is 4.78. The van der Waals surface area contributed by atoms with Crippen LogP contribution >= 0.6 is 22.7 Å². The van der Waals surface area contributed by atoms with Gasteiger partial charge in [-0.05, 0) is 117 Å². The lowest BCUT2D eigenvalue weighted by atomic mass is 9.78. The first kappa shape index (κ1) is 41.4. The smallest absolute Gasteiger partial charge is 0.0821 e. The molecule has 0 bridgehead atoms. The van der Waals surface area contributed by atoms with E-state index in [0.717, 1.165) is 12.8 Å². The van der Waals surface area contributed by atoms with Gasteiger partial charge in [0.05, 0.1) is 17.1 Å². The highest BCUT2D eigenvalue weighted by atomic mass is 32.1. The Labute approximate surface area is 415 Å². The molecule has 0 spiro atoms. The summed E-state index contributed by atoms with van der Waals surface area (Å²) in [7, 11) is 0. The highest BCUT2D eigenvalue weighted by Gasteiger charge is 2.32. The second-order valence-electron chi connectivity index (χ2n) is 19.3. The van der Waals surface area contributed by atoms with Gasteiger partial charge in [0.1, 0.15) is 0 Å². The first-order valence-corrected chi connectivity index (χ1v) is 26.3. The summed E-state index contributed by atoms with van der Waals surface area (Å²) in [6, 6.07) is 77.2. The second kappa shape index (κ2) is 16.5. The molecule has 1 aliphatic heterocycles. The zero-order valence-corrected chi connectivity index (χ0v) is 40.7. The topological polar surface area (TPSA) is 17.3 Å². The fourth-order valence-corrected chi connectivity index (χ4v) is 14.1. The number of nitrogens with zero attached hydrogens (tertiary/aromatic N) is 2. The van der Waals surface area contributed by atoms with Gasteiger partial charge in [0.25, 0.3) is 0 Å². The summed E-state index contributed by atoms with van der Waals surface area (Å²) in [5.41, 5.74) is 12.4. The average molecular weight is 933 g/mol. The van der Waals surface area contributed by atoms with Gasteiger partial charge in [-0.2, -0.15) is 0 Å². The third-order valence-electron chi connectivity index (χ3n) is 15.2. The number of fused-ring (bicyclic) bond motifs is 11. The van der Waals surface area contributed by atoms with Gasteiger partial charge in [0.15, 0.2) is 0 Å². The summed E-state index contributed by atoms with van der Waals surface area (Å²) in [5, 5.41) is 12.8. The minimum absolute atomic E-state index is 0.119. The van der Waals surface area contributed by atoms with Gasteiger partial charge in [-0.1, -0.05) is 172 Å². The molecule has 14 rings (SSSR count). The molecule has 0 fully saturated rings. The maximum absolute atomic E-state index is 6.25. The lowest BCUT2D eigenvalue weighted by molar-refractivity contribution is 0.514. The van der Waals surface area contributed by atoms with Crippen LogP contribution in [0.25, 0.3) is 106 Å². The van der Waals surface area contributed by atoms with Crippen molar-refractivity contribution in [1.82, 2.24) is 4.57 Å². The summed E-state index contributed by atoms with van der Waals surface area (Å²) < 4.78 is 7.77. The predicted octanol–water partition coefficient (Wildman–Crippen LogP) is 19.2. The van der Waals surface area contributed by atoms with Crippen molar-refractivity contribution >= 4 is 118 Å². The molecule has 4 heteroatoms. The lowest BCUT2D eigenvalue weighted by Crippen LogP contribution is -2.22. The van der Waals surface area contributed by atoms with Gasteiger partial charge in [-0.25, -0.2) is 0 Å². The maximum atomic E-state index is 6.25. The fraction of sp³-hybridized carbons (Fsp3) is 0.106. The minimum atomic E-state index is -0.119. The monoisotopic (exact) mass is 932 g/mol. The Hall–Kier alpha value is -7.63. The number of benzene rings is 10. The van der Waals surface area contributed by atoms with E-state index in [1.807, 2.05) is 22.7 Å². The van der Waals surface area contributed by atoms with Crippen LogP contribution in [0, 0.1) is 11.8 Å². The largest absolute Gasteiger partial charge is 0.309 e. The first-order valence-electron chi connectivity index (χ1n) is 24.7. The van der Waals surface area contributed by atoms with Crippen molar-refractivity contribution in [3.63, 3.8) is 0 Å². The van der Waals surface area contributed by atoms with Crippen LogP contribution in [0.2, 0.25) is 0 Å². The third kappa shape index (κ3) is 6.69. The molecule has 3 atom stereocenters. The number of allylic oxidation sites excluding steroid dienone is 1. The molecular weight excluding hydrogens is 885 g/mol. The Bertz CT molecular complexity index is 4190. The van der Waals surface area contributed by atoms with Crippen LogP contribution in [0.1, 0.15) is 49.4 Å². The molecule has 10 aromatic carbocycles. The average Bonchev–Trinajstić information content (AvgIpc) is 4.07. The van der Waals surface area contributed by atoms with Crippen LogP contribution in [0.3, 0.4) is 0 Å². The first-order chi connectivity index (χ1) is 34.5. The van der Waals surface area contributed by atoms with E-state index in [4.69, 9.17) is 4.99 Å². The Morgan fingerprint density at radius 2 is 1.04 bits per heavy atom. The van der Waals surface area contributed by atoms with E-state index in [0.29, 0.717) is 0 Å². The summed E-state index contributed by atoms with van der Waals surface area (Å²) in [5.74, 6) is 0.281. The van der Waals surface area contributed by atoms with Crippen LogP contribution in [-0.4, -0.2) is 10.3 Å². The third-order valence-corrected chi connectivity index (χ3v) is 17.5. The van der Waals surface area contributed by atoms with Gasteiger partial charge >= 0.3 is 0 Å². The number of rotatable bonds is 6. The number of aliphatic imine (C=N–C) groups is 1. The zero-order valence-electron chi connectivity index (χ0n) is 39.1. The summed E-state index contributed by atoms with van der Waals surface area (Å²) >= 11 is 3.80. The molecule has 0 N–H and O–H groups in total. The van der Waals surface area contributed by atoms with E-state index in [-0.39, 0.29) is 17.9 Å². The number of aromatic nitrogens is 1. The molecule has 0 saturated heterocycles. The summed E-state index contributed by atoms with van der Waals surface area (Å²) in [6.07, 6.45) is 4.41. The van der Waals surface area contributed by atoms with Crippen LogP contribution in [-0.2, 0) is 0 Å². The van der Waals surface area contributed by atoms with E-state index in [9.17, 15) is 0 Å². The number of hydrogen-bond donors (Lipinski definition) is 0. The maximum Gasteiger partial charge on any atom is 0.0821 e. The van der Waals surface area contributed by atoms with Crippen molar-refractivity contribution in [3.05, 3.63) is 229 Å². The summed E-state index contributed by atoms with van der Waals surface area (Å²) in [4.78, 5) is 6.25. The molecule has 13 aromatic rings. The Morgan fingerprint density at radius 3 is 1.73 bits per heavy atom. The molecule has 0 radical (unpaired) electrons. The number of thiophene rings is 2. The lowest BCUT2D eigenvalue weighted by Gasteiger charge is -2.31. The van der Waals surface area contributed by atoms with Crippen LogP contribution in [0.5, 0.6) is 0 Å². The van der Waals surface area contributed by atoms with Crippen molar-refractivity contribution in [2.75, 3.05) is 0 Å². The SMILES string of the molecule is CC[C@H]1/C(c2ccc(-c3ccccc3)cc2)=C/CC(C)C(c2cc(-n3c4cc5ccccc5cc4c4cc5ccccc5cc43)cc3sc4ccccc4c23)=NC1c1ccc2c(c1)sc1ccccc12. The van der Waals surface area contributed by atoms with Crippen molar-refractivity contribution in [3.8, 4) is 16.8 Å². The molecule has 334 valence electrons. The van der Waals surface area contributed by atoms with Crippen molar-refractivity contribution in [2.24, 2.45) is 16.8 Å². The van der Waals surface area contributed by atoms with E-state index in [1.54, 1.807) is 0 Å². The van der Waals surface area contributed by atoms with Gasteiger partial charge in [0, 0.05) is 79.9 Å². The van der Waals surface area contributed by atoms with E-state index in [2.05, 4.69) is 231 Å². The normalized spacial score (nSPS) is 17.5. The van der Waals surface area contributed by atoms with Crippen LogP contribution < -0.4 is 0 Å². The molecule has 0 amide bonds. The van der Waals surface area contributed by atoms with E-state index >= 15 is 0 Å². The van der Waals surface area contributed by atoms with Crippen molar-refractivity contribution < 1.29 is 0 Å². The Balaban J connectivity index is 1.02. The Kier molecular flexibility index (Phi) is 9.76. The zero-order chi connectivity index (χ0) is 46.5. The molecule has 2 unspecified atom stereocenters. The van der Waals surface area contributed by atoms with Gasteiger partial charge in [-0.15, -0.1) is 22.7 Å². The molecule has 2 nitrogen and oxygen atoms in total. The quantitative estimate of drug-likeness (QED) is 0.158. The standard InChI is InChI=1S/C66H48N2S2/c1-3-50-51(43-28-26-42(27-29-43)41-15-5-4-6-16-41)31-25-40(2)65(67-66(50)48-30-32-53-52-21-11-13-23-60(52)69-62(53)37-48)57-38-49(39-63-64(57)54-22-12-14-24-61(54)70-63)68-58-35-46-19-9-7-17-44(46)33-55(58)56-34-45-18-8-10-20-47(45)36-59(56)68/h4-24,26-40,50,66H,3,25H2,1-2H3/b51-31+,67-65?/t40?,50-,66?/m0/s1.